The number of rotatable bonds is 2. The number of anilines is 1. The quantitative estimate of drug-likeness (QED) is 0.810. The number of carbonyl (C=O) groups excluding carboxylic acids is 1. The summed E-state index contributed by atoms with van der Waals surface area (Å²) in [6.45, 7) is 1.27. The van der Waals surface area contributed by atoms with Crippen LogP contribution in [-0.4, -0.2) is 25.1 Å². The molecule has 0 aliphatic carbocycles. The van der Waals surface area contributed by atoms with Crippen molar-refractivity contribution in [1.82, 2.24) is 0 Å². The van der Waals surface area contributed by atoms with Crippen LogP contribution in [0.2, 0.25) is 0 Å². The predicted octanol–water partition coefficient (Wildman–Crippen LogP) is 1.74. The van der Waals surface area contributed by atoms with Crippen LogP contribution < -0.4 is 5.32 Å². The summed E-state index contributed by atoms with van der Waals surface area (Å²) >= 11 is 0. The molecule has 0 atom stereocenters. The first-order chi connectivity index (χ1) is 8.01. The van der Waals surface area contributed by atoms with Crippen LogP contribution in [0.5, 0.6) is 0 Å². The third-order valence-corrected chi connectivity index (χ3v) is 2.98. The lowest BCUT2D eigenvalue weighted by Gasteiger charge is -2.09. The maximum Gasteiger partial charge on any atom is 0.471 e. The van der Waals surface area contributed by atoms with Crippen molar-refractivity contribution in [2.75, 3.05) is 5.32 Å². The number of nitrogens with one attached hydrogen (secondary N) is 1. The second-order valence-corrected chi connectivity index (χ2v) is 4.80. The number of amides is 1. The molecule has 0 spiro atoms. The molecule has 0 aliphatic heterocycles. The van der Waals surface area contributed by atoms with E-state index in [4.69, 9.17) is 4.55 Å². The zero-order chi connectivity index (χ0) is 14.1. The third kappa shape index (κ3) is 3.44. The highest BCUT2D eigenvalue weighted by molar-refractivity contribution is 7.85. The largest absolute Gasteiger partial charge is 0.471 e. The van der Waals surface area contributed by atoms with Gasteiger partial charge in [0.05, 0.1) is 4.90 Å². The molecule has 1 aromatic rings. The van der Waals surface area contributed by atoms with Gasteiger partial charge < -0.3 is 5.32 Å². The van der Waals surface area contributed by atoms with E-state index in [0.29, 0.717) is 0 Å². The summed E-state index contributed by atoms with van der Waals surface area (Å²) in [5, 5.41) is 1.56. The zero-order valence-electron chi connectivity index (χ0n) is 8.95. The summed E-state index contributed by atoms with van der Waals surface area (Å²) in [6.07, 6.45) is -5.03. The van der Waals surface area contributed by atoms with Crippen molar-refractivity contribution in [3.05, 3.63) is 23.8 Å². The molecule has 2 N–H and O–H groups in total. The highest BCUT2D eigenvalue weighted by Crippen LogP contribution is 2.22. The van der Waals surface area contributed by atoms with Gasteiger partial charge in [-0.2, -0.15) is 21.6 Å². The maximum atomic E-state index is 12.0. The van der Waals surface area contributed by atoms with Crippen LogP contribution in [-0.2, 0) is 14.9 Å². The van der Waals surface area contributed by atoms with Gasteiger partial charge in [-0.05, 0) is 30.7 Å². The molecule has 5 nitrogen and oxygen atoms in total. The Morgan fingerprint density at radius 3 is 2.28 bits per heavy atom. The minimum Gasteiger partial charge on any atom is -0.318 e. The number of alkyl halides is 3. The molecule has 0 saturated heterocycles. The maximum absolute atomic E-state index is 12.0. The van der Waals surface area contributed by atoms with E-state index in [2.05, 4.69) is 0 Å². The van der Waals surface area contributed by atoms with Gasteiger partial charge >= 0.3 is 12.1 Å². The number of carbonyl (C=O) groups is 1. The minimum absolute atomic E-state index is 0.0116. The van der Waals surface area contributed by atoms with Crippen molar-refractivity contribution < 1.29 is 30.9 Å². The third-order valence-electron chi connectivity index (χ3n) is 1.97. The van der Waals surface area contributed by atoms with E-state index in [0.717, 1.165) is 18.2 Å². The first-order valence-corrected chi connectivity index (χ1v) is 5.92. The van der Waals surface area contributed by atoms with E-state index in [1.807, 2.05) is 0 Å². The fourth-order valence-electron chi connectivity index (χ4n) is 1.22. The van der Waals surface area contributed by atoms with Crippen molar-refractivity contribution >= 4 is 21.7 Å². The van der Waals surface area contributed by atoms with Gasteiger partial charge in [-0.15, -0.1) is 0 Å². The summed E-state index contributed by atoms with van der Waals surface area (Å²) < 4.78 is 66.3. The Balaban J connectivity index is 3.04. The number of hydrogen-bond acceptors (Lipinski definition) is 3. The van der Waals surface area contributed by atoms with Crippen molar-refractivity contribution in [1.29, 1.82) is 0 Å². The minimum atomic E-state index is -5.03. The van der Waals surface area contributed by atoms with Gasteiger partial charge in [0.1, 0.15) is 0 Å². The highest BCUT2D eigenvalue weighted by Gasteiger charge is 2.38. The van der Waals surface area contributed by atoms with Crippen LogP contribution in [0.1, 0.15) is 5.56 Å². The van der Waals surface area contributed by atoms with E-state index < -0.39 is 27.1 Å². The molecular formula is C9H8F3NO4S. The number of benzene rings is 1. The molecule has 1 amide bonds. The van der Waals surface area contributed by atoms with Crippen LogP contribution in [0.4, 0.5) is 18.9 Å². The van der Waals surface area contributed by atoms with Crippen LogP contribution in [0.25, 0.3) is 0 Å². The molecule has 0 aromatic heterocycles. The summed E-state index contributed by atoms with van der Waals surface area (Å²) in [5.74, 6) is -2.17. The molecule has 1 rings (SSSR count). The second kappa shape index (κ2) is 4.58. The van der Waals surface area contributed by atoms with Crippen LogP contribution in [0, 0.1) is 6.92 Å². The second-order valence-electron chi connectivity index (χ2n) is 3.41. The highest BCUT2D eigenvalue weighted by atomic mass is 32.2. The van der Waals surface area contributed by atoms with Gasteiger partial charge in [0.15, 0.2) is 0 Å². The molecule has 18 heavy (non-hydrogen) atoms. The lowest BCUT2D eigenvalue weighted by atomic mass is 10.2. The summed E-state index contributed by atoms with van der Waals surface area (Å²) in [5.41, 5.74) is -0.209. The van der Waals surface area contributed by atoms with Crippen LogP contribution >= 0.6 is 0 Å². The average molecular weight is 283 g/mol. The van der Waals surface area contributed by atoms with E-state index in [9.17, 15) is 26.4 Å². The number of aryl methyl sites for hydroxylation is 1. The fourth-order valence-corrected chi connectivity index (χ4v) is 1.92. The van der Waals surface area contributed by atoms with Gasteiger partial charge in [0.25, 0.3) is 10.1 Å². The SMILES string of the molecule is Cc1cc(NC(=O)C(F)(F)F)ccc1S(=O)(=O)O. The smallest absolute Gasteiger partial charge is 0.318 e. The van der Waals surface area contributed by atoms with E-state index in [-0.39, 0.29) is 11.3 Å². The standard InChI is InChI=1S/C9H8F3NO4S/c1-5-4-6(13-8(14)9(10,11)12)2-3-7(5)18(15,16)17/h2-4H,1H3,(H,13,14)(H,15,16,17). The Morgan fingerprint density at radius 2 is 1.89 bits per heavy atom. The normalized spacial score (nSPS) is 12.3. The van der Waals surface area contributed by atoms with Crippen molar-refractivity contribution in [2.45, 2.75) is 18.0 Å². The fraction of sp³-hybridized carbons (Fsp3) is 0.222. The van der Waals surface area contributed by atoms with E-state index in [1.54, 1.807) is 5.32 Å². The van der Waals surface area contributed by atoms with Crippen molar-refractivity contribution in [3.63, 3.8) is 0 Å². The van der Waals surface area contributed by atoms with Gasteiger partial charge in [0.2, 0.25) is 0 Å². The Labute approximate surface area is 100 Å². The summed E-state index contributed by atoms with van der Waals surface area (Å²) in [4.78, 5) is 10.2. The van der Waals surface area contributed by atoms with E-state index >= 15 is 0 Å². The molecule has 0 saturated carbocycles. The molecule has 0 aliphatic rings. The Kier molecular flexibility index (Phi) is 3.67. The first-order valence-electron chi connectivity index (χ1n) is 4.48. The Hall–Kier alpha value is -1.61. The summed E-state index contributed by atoms with van der Waals surface area (Å²) in [6, 6.07) is 2.85. The molecule has 0 unspecified atom stereocenters. The van der Waals surface area contributed by atoms with Crippen molar-refractivity contribution in [2.24, 2.45) is 0 Å². The van der Waals surface area contributed by atoms with Gasteiger partial charge in [0, 0.05) is 5.69 Å². The van der Waals surface area contributed by atoms with Gasteiger partial charge in [-0.25, -0.2) is 0 Å². The van der Waals surface area contributed by atoms with Crippen molar-refractivity contribution in [3.8, 4) is 0 Å². The monoisotopic (exact) mass is 283 g/mol. The Bertz CT molecular complexity index is 580. The lowest BCUT2D eigenvalue weighted by Crippen LogP contribution is -2.29. The van der Waals surface area contributed by atoms with Crippen LogP contribution in [0.15, 0.2) is 23.1 Å². The molecule has 0 heterocycles. The van der Waals surface area contributed by atoms with Crippen LogP contribution in [0.3, 0.4) is 0 Å². The number of hydrogen-bond donors (Lipinski definition) is 2. The topological polar surface area (TPSA) is 83.5 Å². The number of halogens is 3. The molecule has 9 heteroatoms. The lowest BCUT2D eigenvalue weighted by molar-refractivity contribution is -0.167. The van der Waals surface area contributed by atoms with Gasteiger partial charge in [-0.1, -0.05) is 0 Å². The summed E-state index contributed by atoms with van der Waals surface area (Å²) in [7, 11) is -4.44. The molecule has 100 valence electrons. The average Bonchev–Trinajstić information content (AvgIpc) is 2.13. The molecular weight excluding hydrogens is 275 g/mol. The van der Waals surface area contributed by atoms with E-state index in [1.165, 1.54) is 6.92 Å². The molecule has 0 radical (unpaired) electrons. The molecule has 0 bridgehead atoms. The zero-order valence-corrected chi connectivity index (χ0v) is 9.76. The predicted molar refractivity (Wildman–Crippen MR) is 55.7 cm³/mol. The molecule has 0 fully saturated rings. The van der Waals surface area contributed by atoms with Gasteiger partial charge in [-0.3, -0.25) is 9.35 Å². The first kappa shape index (κ1) is 14.5. The molecule has 1 aromatic carbocycles. The Morgan fingerprint density at radius 1 is 1.33 bits per heavy atom.